The summed E-state index contributed by atoms with van der Waals surface area (Å²) < 4.78 is 7.80. The van der Waals surface area contributed by atoms with E-state index in [0.717, 1.165) is 54.6 Å². The number of carbonyl (C=O) groups excluding carboxylic acids is 1. The van der Waals surface area contributed by atoms with Crippen molar-refractivity contribution in [2.45, 2.75) is 45.6 Å². The van der Waals surface area contributed by atoms with Gasteiger partial charge in [0.15, 0.2) is 0 Å². The van der Waals surface area contributed by atoms with E-state index in [1.165, 1.54) is 5.69 Å². The first kappa shape index (κ1) is 21.6. The van der Waals surface area contributed by atoms with Gasteiger partial charge in [-0.2, -0.15) is 12.6 Å². The van der Waals surface area contributed by atoms with Gasteiger partial charge in [0, 0.05) is 30.7 Å². The largest absolute Gasteiger partial charge is 0.496 e. The molecule has 0 saturated heterocycles. The van der Waals surface area contributed by atoms with Crippen molar-refractivity contribution in [1.82, 2.24) is 9.47 Å². The van der Waals surface area contributed by atoms with E-state index in [9.17, 15) is 9.90 Å². The second-order valence-corrected chi connectivity index (χ2v) is 6.55. The first-order valence-corrected chi connectivity index (χ1v) is 10.6. The van der Waals surface area contributed by atoms with Crippen LogP contribution in [0.2, 0.25) is 0 Å². The second kappa shape index (κ2) is 10.0. The number of fused-ring (bicyclic) bond motifs is 3. The molecule has 1 N–H and O–H groups in total. The number of aromatic nitrogens is 1. The molecular weight excluding hydrogens is 360 g/mol. The van der Waals surface area contributed by atoms with E-state index < -0.39 is 0 Å². The predicted octanol–water partition coefficient (Wildman–Crippen LogP) is 3.48. The summed E-state index contributed by atoms with van der Waals surface area (Å²) in [7, 11) is 1.68. The number of hydrogen-bond donors (Lipinski definition) is 2. The lowest BCUT2D eigenvalue weighted by molar-refractivity contribution is -0.132. The van der Waals surface area contributed by atoms with Crippen LogP contribution in [-0.4, -0.2) is 53.5 Å². The topological polar surface area (TPSA) is 54.7 Å². The number of aliphatic hydroxyl groups is 1. The lowest BCUT2D eigenvalue weighted by Crippen LogP contribution is -2.36. The smallest absolute Gasteiger partial charge is 0.230 e. The molecule has 5 nitrogen and oxygen atoms in total. The van der Waals surface area contributed by atoms with Crippen molar-refractivity contribution in [3.8, 4) is 5.75 Å². The van der Waals surface area contributed by atoms with Crippen molar-refractivity contribution in [2.24, 2.45) is 0 Å². The zero-order valence-corrected chi connectivity index (χ0v) is 17.8. The molecule has 0 saturated carbocycles. The minimum atomic E-state index is -0.123. The van der Waals surface area contributed by atoms with E-state index in [1.807, 2.05) is 30.9 Å². The molecule has 1 unspecified atom stereocenters. The molecule has 0 radical (unpaired) electrons. The highest BCUT2D eigenvalue weighted by atomic mass is 32.1. The zero-order chi connectivity index (χ0) is 20.0. The fraction of sp³-hybridized carbons (Fsp3) is 0.571. The number of likely N-dealkylation sites (N-methyl/N-ethyl adjacent to an activating group) is 1. The highest BCUT2D eigenvalue weighted by molar-refractivity contribution is 7.79. The minimum absolute atomic E-state index is 0.0854. The number of amides is 1. The number of hydrogen-bond acceptors (Lipinski definition) is 4. The normalized spacial score (nSPS) is 15.7. The Kier molecular flexibility index (Phi) is 8.05. The number of aliphatic hydroxyl groups excluding tert-OH is 1. The van der Waals surface area contributed by atoms with Gasteiger partial charge in [0.05, 0.1) is 25.2 Å². The average molecular weight is 393 g/mol. The van der Waals surface area contributed by atoms with Crippen LogP contribution < -0.4 is 4.74 Å². The van der Waals surface area contributed by atoms with Crippen LogP contribution in [0.25, 0.3) is 10.9 Å². The van der Waals surface area contributed by atoms with Crippen LogP contribution >= 0.6 is 12.6 Å². The lowest BCUT2D eigenvalue weighted by Gasteiger charge is -2.29. The Morgan fingerprint density at radius 2 is 2.04 bits per heavy atom. The molecule has 3 rings (SSSR count). The van der Waals surface area contributed by atoms with Crippen LogP contribution in [0.4, 0.5) is 0 Å². The third-order valence-corrected chi connectivity index (χ3v) is 5.37. The van der Waals surface area contributed by atoms with Gasteiger partial charge in [-0.05, 0) is 57.1 Å². The summed E-state index contributed by atoms with van der Waals surface area (Å²) in [5.41, 5.74) is 3.35. The Hall–Kier alpha value is -1.66. The van der Waals surface area contributed by atoms with Gasteiger partial charge in [-0.3, -0.25) is 4.79 Å². The summed E-state index contributed by atoms with van der Waals surface area (Å²) in [6, 6.07) is 5.99. The summed E-state index contributed by atoms with van der Waals surface area (Å²) in [6.07, 6.45) is 4.50. The lowest BCUT2D eigenvalue weighted by atomic mass is 9.84. The Morgan fingerprint density at radius 1 is 1.33 bits per heavy atom. The van der Waals surface area contributed by atoms with Crippen molar-refractivity contribution in [2.75, 3.05) is 33.1 Å². The third kappa shape index (κ3) is 3.97. The van der Waals surface area contributed by atoms with Crippen molar-refractivity contribution >= 4 is 29.4 Å². The maximum Gasteiger partial charge on any atom is 0.230 e. The van der Waals surface area contributed by atoms with Crippen LogP contribution in [0.5, 0.6) is 5.75 Å². The minimum Gasteiger partial charge on any atom is -0.496 e. The number of benzene rings is 1. The number of ether oxygens (including phenoxy) is 1. The molecule has 2 aromatic rings. The SMILES string of the molecule is CCN(CC)C(=O)C1CCCc2c1c1c(OC)cccc1n2CCO.CS. The molecule has 6 heteroatoms. The van der Waals surface area contributed by atoms with Gasteiger partial charge < -0.3 is 19.3 Å². The summed E-state index contributed by atoms with van der Waals surface area (Å²) in [6.45, 7) is 6.15. The van der Waals surface area contributed by atoms with Gasteiger partial charge in [-0.1, -0.05) is 6.07 Å². The van der Waals surface area contributed by atoms with Crippen LogP contribution in [0, 0.1) is 0 Å². The molecule has 1 heterocycles. The van der Waals surface area contributed by atoms with E-state index in [-0.39, 0.29) is 18.4 Å². The quantitative estimate of drug-likeness (QED) is 0.740. The molecule has 150 valence electrons. The van der Waals surface area contributed by atoms with Crippen molar-refractivity contribution in [3.05, 3.63) is 29.5 Å². The zero-order valence-electron chi connectivity index (χ0n) is 16.9. The van der Waals surface area contributed by atoms with Crippen LogP contribution in [-0.2, 0) is 17.8 Å². The summed E-state index contributed by atoms with van der Waals surface area (Å²) in [5, 5.41) is 10.6. The molecule has 1 aromatic heterocycles. The number of thiol groups is 1. The first-order chi connectivity index (χ1) is 13.2. The average Bonchev–Trinajstić information content (AvgIpc) is 3.04. The van der Waals surface area contributed by atoms with Gasteiger partial charge in [0.25, 0.3) is 0 Å². The molecule has 1 aromatic carbocycles. The number of methoxy groups -OCH3 is 1. The maximum absolute atomic E-state index is 13.2. The maximum atomic E-state index is 13.2. The van der Waals surface area contributed by atoms with Crippen LogP contribution in [0.15, 0.2) is 18.2 Å². The molecule has 0 bridgehead atoms. The monoisotopic (exact) mass is 392 g/mol. The Bertz CT molecular complexity index is 768. The fourth-order valence-electron chi connectivity index (χ4n) is 4.24. The van der Waals surface area contributed by atoms with E-state index in [0.29, 0.717) is 6.54 Å². The number of rotatable bonds is 6. The molecule has 27 heavy (non-hydrogen) atoms. The summed E-state index contributed by atoms with van der Waals surface area (Å²) >= 11 is 3.53. The highest BCUT2D eigenvalue weighted by Gasteiger charge is 2.34. The Morgan fingerprint density at radius 3 is 2.63 bits per heavy atom. The van der Waals surface area contributed by atoms with E-state index in [4.69, 9.17) is 4.74 Å². The molecule has 1 aliphatic carbocycles. The highest BCUT2D eigenvalue weighted by Crippen LogP contribution is 2.43. The second-order valence-electron chi connectivity index (χ2n) is 6.55. The molecule has 0 fully saturated rings. The van der Waals surface area contributed by atoms with Crippen molar-refractivity contribution in [1.29, 1.82) is 0 Å². The van der Waals surface area contributed by atoms with E-state index >= 15 is 0 Å². The Balaban J connectivity index is 0.00000126. The van der Waals surface area contributed by atoms with E-state index in [2.05, 4.69) is 23.3 Å². The standard InChI is InChI=1S/C20H28N2O3.CH4S/c1-4-21(5-2)20(24)14-8-6-9-15-18(14)19-16(22(15)12-13-23)10-7-11-17(19)25-3;1-2/h7,10-11,14,23H,4-6,8-9,12-13H2,1-3H3;2H,1H3. The molecule has 1 aliphatic rings. The summed E-state index contributed by atoms with van der Waals surface area (Å²) in [5.74, 6) is 0.895. The third-order valence-electron chi connectivity index (χ3n) is 5.37. The molecule has 1 amide bonds. The fourth-order valence-corrected chi connectivity index (χ4v) is 4.24. The molecular formula is C21H32N2O3S. The number of carbonyl (C=O) groups is 1. The van der Waals surface area contributed by atoms with Gasteiger partial charge in [0.2, 0.25) is 5.91 Å². The van der Waals surface area contributed by atoms with Gasteiger partial charge in [-0.25, -0.2) is 0 Å². The predicted molar refractivity (Wildman–Crippen MR) is 114 cm³/mol. The van der Waals surface area contributed by atoms with Crippen molar-refractivity contribution in [3.63, 3.8) is 0 Å². The van der Waals surface area contributed by atoms with E-state index in [1.54, 1.807) is 13.4 Å². The van der Waals surface area contributed by atoms with Crippen LogP contribution in [0.3, 0.4) is 0 Å². The summed E-state index contributed by atoms with van der Waals surface area (Å²) in [4.78, 5) is 15.1. The van der Waals surface area contributed by atoms with Gasteiger partial charge in [0.1, 0.15) is 5.75 Å². The Labute approximate surface area is 167 Å². The van der Waals surface area contributed by atoms with Crippen LogP contribution in [0.1, 0.15) is 43.9 Å². The van der Waals surface area contributed by atoms with Gasteiger partial charge >= 0.3 is 0 Å². The van der Waals surface area contributed by atoms with Gasteiger partial charge in [-0.15, -0.1) is 0 Å². The number of nitrogens with zero attached hydrogens (tertiary/aromatic N) is 2. The van der Waals surface area contributed by atoms with Crippen molar-refractivity contribution < 1.29 is 14.6 Å². The first-order valence-electron chi connectivity index (χ1n) is 9.70. The molecule has 0 aliphatic heterocycles. The molecule has 0 spiro atoms. The molecule has 1 atom stereocenters.